The summed E-state index contributed by atoms with van der Waals surface area (Å²) in [6, 6.07) is 9.02. The van der Waals surface area contributed by atoms with Crippen LogP contribution in [0.1, 0.15) is 32.4 Å². The molecule has 0 radical (unpaired) electrons. The van der Waals surface area contributed by atoms with E-state index < -0.39 is 0 Å². The van der Waals surface area contributed by atoms with E-state index in [0.717, 1.165) is 19.0 Å². The first kappa shape index (κ1) is 14.4. The topological polar surface area (TPSA) is 30.5 Å². The summed E-state index contributed by atoms with van der Waals surface area (Å²) in [5.74, 6) is 2.02. The molecule has 1 aromatic carbocycles. The lowest BCUT2D eigenvalue weighted by Gasteiger charge is -2.36. The third kappa shape index (κ3) is 3.28. The van der Waals surface area contributed by atoms with Crippen LogP contribution in [0.5, 0.6) is 5.75 Å². The normalized spacial score (nSPS) is 23.8. The van der Waals surface area contributed by atoms with Gasteiger partial charge in [-0.2, -0.15) is 0 Å². The monoisotopic (exact) mass is 263 g/mol. The Morgan fingerprint density at radius 1 is 1.37 bits per heavy atom. The predicted octanol–water partition coefficient (Wildman–Crippen LogP) is 3.02. The van der Waals surface area contributed by atoms with Gasteiger partial charge in [0.1, 0.15) is 5.75 Å². The van der Waals surface area contributed by atoms with Crippen molar-refractivity contribution in [3.8, 4) is 5.75 Å². The highest BCUT2D eigenvalue weighted by Crippen LogP contribution is 2.35. The Bertz CT molecular complexity index is 405. The van der Waals surface area contributed by atoms with Crippen LogP contribution in [0.3, 0.4) is 0 Å². The molecule has 1 aromatic rings. The lowest BCUT2D eigenvalue weighted by Crippen LogP contribution is -2.44. The lowest BCUT2D eigenvalue weighted by molar-refractivity contribution is 0.117. The van der Waals surface area contributed by atoms with Gasteiger partial charge < -0.3 is 14.8 Å². The molecule has 0 aliphatic carbocycles. The summed E-state index contributed by atoms with van der Waals surface area (Å²) in [7, 11) is 1.76. The van der Waals surface area contributed by atoms with Gasteiger partial charge in [-0.15, -0.1) is 0 Å². The predicted molar refractivity (Wildman–Crippen MR) is 77.5 cm³/mol. The van der Waals surface area contributed by atoms with Crippen molar-refractivity contribution >= 4 is 0 Å². The molecule has 19 heavy (non-hydrogen) atoms. The van der Waals surface area contributed by atoms with Gasteiger partial charge in [-0.25, -0.2) is 0 Å². The van der Waals surface area contributed by atoms with Gasteiger partial charge in [0.25, 0.3) is 0 Å². The molecular formula is C16H25NO2. The molecule has 1 N–H and O–H groups in total. The number of nitrogens with one attached hydrogen (secondary N) is 1. The number of para-hydroxylation sites is 1. The molecule has 0 bridgehead atoms. The molecule has 3 unspecified atom stereocenters. The zero-order chi connectivity index (χ0) is 13.8. The summed E-state index contributed by atoms with van der Waals surface area (Å²) in [4.78, 5) is 0. The van der Waals surface area contributed by atoms with Crippen molar-refractivity contribution in [1.82, 2.24) is 5.32 Å². The standard InChI is InChI=1S/C16H25NO2/c1-11(2)14(10-18-4)17-16-12(3)9-19-15-8-6-5-7-13(15)16/h5-8,11-12,14,16-17H,9-10H2,1-4H3. The fourth-order valence-corrected chi connectivity index (χ4v) is 2.59. The minimum Gasteiger partial charge on any atom is -0.493 e. The van der Waals surface area contributed by atoms with E-state index in [-0.39, 0.29) is 0 Å². The Balaban J connectivity index is 2.18. The molecule has 3 heteroatoms. The van der Waals surface area contributed by atoms with Gasteiger partial charge in [-0.05, 0) is 12.0 Å². The maximum atomic E-state index is 5.80. The van der Waals surface area contributed by atoms with Gasteiger partial charge in [-0.3, -0.25) is 0 Å². The fourth-order valence-electron chi connectivity index (χ4n) is 2.59. The van der Waals surface area contributed by atoms with Crippen molar-refractivity contribution in [2.24, 2.45) is 11.8 Å². The first-order valence-corrected chi connectivity index (χ1v) is 7.10. The van der Waals surface area contributed by atoms with E-state index in [4.69, 9.17) is 9.47 Å². The van der Waals surface area contributed by atoms with Crippen molar-refractivity contribution in [2.45, 2.75) is 32.9 Å². The van der Waals surface area contributed by atoms with E-state index in [2.05, 4.69) is 44.3 Å². The van der Waals surface area contributed by atoms with Crippen LogP contribution in [0.4, 0.5) is 0 Å². The van der Waals surface area contributed by atoms with E-state index in [1.807, 2.05) is 6.07 Å². The van der Waals surface area contributed by atoms with Crippen molar-refractivity contribution in [3.63, 3.8) is 0 Å². The van der Waals surface area contributed by atoms with E-state index >= 15 is 0 Å². The van der Waals surface area contributed by atoms with Crippen LogP contribution in [0, 0.1) is 11.8 Å². The van der Waals surface area contributed by atoms with Crippen LogP contribution in [0.25, 0.3) is 0 Å². The second-order valence-electron chi connectivity index (χ2n) is 5.78. The smallest absolute Gasteiger partial charge is 0.124 e. The maximum absolute atomic E-state index is 5.80. The second kappa shape index (κ2) is 6.40. The first-order chi connectivity index (χ1) is 9.13. The Morgan fingerprint density at radius 3 is 2.79 bits per heavy atom. The van der Waals surface area contributed by atoms with Crippen LogP contribution in [-0.4, -0.2) is 26.4 Å². The third-order valence-electron chi connectivity index (χ3n) is 3.87. The molecule has 3 atom stereocenters. The van der Waals surface area contributed by atoms with E-state index in [1.54, 1.807) is 7.11 Å². The van der Waals surface area contributed by atoms with Gasteiger partial charge in [-0.1, -0.05) is 39.0 Å². The average molecular weight is 263 g/mol. The van der Waals surface area contributed by atoms with Crippen LogP contribution < -0.4 is 10.1 Å². The van der Waals surface area contributed by atoms with Gasteiger partial charge in [0.2, 0.25) is 0 Å². The summed E-state index contributed by atoms with van der Waals surface area (Å²) in [5.41, 5.74) is 1.27. The van der Waals surface area contributed by atoms with Crippen molar-refractivity contribution in [3.05, 3.63) is 29.8 Å². The summed E-state index contributed by atoms with van der Waals surface area (Å²) in [5, 5.41) is 3.76. The largest absolute Gasteiger partial charge is 0.493 e. The second-order valence-corrected chi connectivity index (χ2v) is 5.78. The highest BCUT2D eigenvalue weighted by Gasteiger charge is 2.30. The zero-order valence-corrected chi connectivity index (χ0v) is 12.3. The molecule has 106 valence electrons. The quantitative estimate of drug-likeness (QED) is 0.886. The number of rotatable bonds is 5. The summed E-state index contributed by atoms with van der Waals surface area (Å²) in [6.07, 6.45) is 0. The van der Waals surface area contributed by atoms with Crippen LogP contribution >= 0.6 is 0 Å². The highest BCUT2D eigenvalue weighted by atomic mass is 16.5. The molecule has 0 saturated heterocycles. The van der Waals surface area contributed by atoms with Gasteiger partial charge in [0, 0.05) is 30.7 Å². The number of hydrogen-bond acceptors (Lipinski definition) is 3. The highest BCUT2D eigenvalue weighted by molar-refractivity contribution is 5.38. The number of ether oxygens (including phenoxy) is 2. The fraction of sp³-hybridized carbons (Fsp3) is 0.625. The van der Waals surface area contributed by atoms with Crippen molar-refractivity contribution < 1.29 is 9.47 Å². The molecule has 0 saturated carbocycles. The summed E-state index contributed by atoms with van der Waals surface area (Å²) in [6.45, 7) is 8.20. The molecule has 0 aromatic heterocycles. The Labute approximate surface area is 116 Å². The molecular weight excluding hydrogens is 238 g/mol. The van der Waals surface area contributed by atoms with Gasteiger partial charge in [0.05, 0.1) is 13.2 Å². The molecule has 0 fully saturated rings. The molecule has 3 nitrogen and oxygen atoms in total. The molecule has 1 aliphatic heterocycles. The summed E-state index contributed by atoms with van der Waals surface area (Å²) >= 11 is 0. The number of methoxy groups -OCH3 is 1. The lowest BCUT2D eigenvalue weighted by atomic mass is 9.90. The average Bonchev–Trinajstić information content (AvgIpc) is 2.40. The minimum absolute atomic E-state index is 0.340. The summed E-state index contributed by atoms with van der Waals surface area (Å²) < 4.78 is 11.1. The molecule has 1 aliphatic rings. The minimum atomic E-state index is 0.340. The van der Waals surface area contributed by atoms with E-state index in [0.29, 0.717) is 23.9 Å². The maximum Gasteiger partial charge on any atom is 0.124 e. The van der Waals surface area contributed by atoms with E-state index in [9.17, 15) is 0 Å². The third-order valence-corrected chi connectivity index (χ3v) is 3.87. The number of fused-ring (bicyclic) bond motifs is 1. The van der Waals surface area contributed by atoms with Gasteiger partial charge >= 0.3 is 0 Å². The van der Waals surface area contributed by atoms with Crippen LogP contribution in [-0.2, 0) is 4.74 Å². The Kier molecular flexibility index (Phi) is 4.83. The van der Waals surface area contributed by atoms with E-state index in [1.165, 1.54) is 5.56 Å². The molecule has 1 heterocycles. The zero-order valence-electron chi connectivity index (χ0n) is 12.3. The molecule has 2 rings (SSSR count). The Morgan fingerprint density at radius 2 is 2.11 bits per heavy atom. The van der Waals surface area contributed by atoms with Crippen LogP contribution in [0.15, 0.2) is 24.3 Å². The molecule has 0 spiro atoms. The SMILES string of the molecule is COCC(NC1c2ccccc2OCC1C)C(C)C. The molecule has 0 amide bonds. The van der Waals surface area contributed by atoms with Gasteiger partial charge in [0.15, 0.2) is 0 Å². The first-order valence-electron chi connectivity index (χ1n) is 7.10. The number of benzene rings is 1. The van der Waals surface area contributed by atoms with Crippen molar-refractivity contribution in [1.29, 1.82) is 0 Å². The van der Waals surface area contributed by atoms with Crippen LogP contribution in [0.2, 0.25) is 0 Å². The Hall–Kier alpha value is -1.06. The number of hydrogen-bond donors (Lipinski definition) is 1. The van der Waals surface area contributed by atoms with Crippen molar-refractivity contribution in [2.75, 3.05) is 20.3 Å².